The predicted octanol–water partition coefficient (Wildman–Crippen LogP) is 4.60. The van der Waals surface area contributed by atoms with Gasteiger partial charge in [-0.15, -0.1) is 0 Å². The third-order valence-electron chi connectivity index (χ3n) is 2.45. The Morgan fingerprint density at radius 1 is 1.15 bits per heavy atom. The highest BCUT2D eigenvalue weighted by atomic mass is 35.5. The number of alkyl halides is 2. The molecule has 3 nitrogen and oxygen atoms in total. The third kappa shape index (κ3) is 3.95. The van der Waals surface area contributed by atoms with E-state index < -0.39 is 6.61 Å². The monoisotopic (exact) mass is 318 g/mol. The van der Waals surface area contributed by atoms with Crippen molar-refractivity contribution in [2.75, 3.05) is 5.32 Å². The number of benzene rings is 1. The summed E-state index contributed by atoms with van der Waals surface area (Å²) in [5.74, 6) is -0.224. The molecular formula is C13H10Cl2F2N2O. The van der Waals surface area contributed by atoms with Crippen LogP contribution in [0.4, 0.5) is 14.5 Å². The zero-order valence-corrected chi connectivity index (χ0v) is 11.6. The number of anilines is 1. The van der Waals surface area contributed by atoms with E-state index >= 15 is 0 Å². The van der Waals surface area contributed by atoms with E-state index in [2.05, 4.69) is 15.0 Å². The van der Waals surface area contributed by atoms with Crippen LogP contribution in [0.1, 0.15) is 5.56 Å². The molecule has 1 N–H and O–H groups in total. The Morgan fingerprint density at radius 2 is 1.75 bits per heavy atom. The molecule has 0 unspecified atom stereocenters. The molecular weight excluding hydrogens is 309 g/mol. The van der Waals surface area contributed by atoms with Gasteiger partial charge >= 0.3 is 6.61 Å². The van der Waals surface area contributed by atoms with Gasteiger partial charge in [-0.2, -0.15) is 8.78 Å². The molecule has 0 aliphatic rings. The highest BCUT2D eigenvalue weighted by Gasteiger charge is 2.14. The van der Waals surface area contributed by atoms with Crippen LogP contribution < -0.4 is 10.1 Å². The fraction of sp³-hybridized carbons (Fsp3) is 0.154. The molecule has 0 atom stereocenters. The van der Waals surface area contributed by atoms with Crippen molar-refractivity contribution in [1.82, 2.24) is 4.98 Å². The van der Waals surface area contributed by atoms with E-state index in [1.54, 1.807) is 12.4 Å². The van der Waals surface area contributed by atoms with Crippen molar-refractivity contribution in [2.45, 2.75) is 13.2 Å². The summed E-state index contributed by atoms with van der Waals surface area (Å²) >= 11 is 11.7. The molecule has 7 heteroatoms. The van der Waals surface area contributed by atoms with E-state index in [-0.39, 0.29) is 15.8 Å². The Balaban J connectivity index is 2.10. The summed E-state index contributed by atoms with van der Waals surface area (Å²) in [6, 6.07) is 6.66. The fourth-order valence-corrected chi connectivity index (χ4v) is 2.14. The number of aromatic nitrogens is 1. The van der Waals surface area contributed by atoms with Gasteiger partial charge in [-0.25, -0.2) is 0 Å². The summed E-state index contributed by atoms with van der Waals surface area (Å²) in [5, 5.41) is 3.13. The topological polar surface area (TPSA) is 34.1 Å². The summed E-state index contributed by atoms with van der Waals surface area (Å²) in [6.45, 7) is -2.44. The van der Waals surface area contributed by atoms with Gasteiger partial charge in [0.1, 0.15) is 0 Å². The molecule has 0 amide bonds. The molecule has 0 spiro atoms. The molecule has 0 saturated heterocycles. The third-order valence-corrected chi connectivity index (χ3v) is 3.01. The highest BCUT2D eigenvalue weighted by Crippen LogP contribution is 2.37. The zero-order chi connectivity index (χ0) is 14.5. The van der Waals surface area contributed by atoms with Crippen LogP contribution >= 0.6 is 23.2 Å². The average molecular weight is 319 g/mol. The van der Waals surface area contributed by atoms with E-state index in [1.807, 2.05) is 12.1 Å². The van der Waals surface area contributed by atoms with Crippen molar-refractivity contribution in [2.24, 2.45) is 0 Å². The molecule has 0 fully saturated rings. The maximum absolute atomic E-state index is 12.2. The minimum atomic E-state index is -2.97. The summed E-state index contributed by atoms with van der Waals surface area (Å²) in [6.07, 6.45) is 3.35. The first-order chi connectivity index (χ1) is 9.56. The summed E-state index contributed by atoms with van der Waals surface area (Å²) in [7, 11) is 0. The zero-order valence-electron chi connectivity index (χ0n) is 10.1. The van der Waals surface area contributed by atoms with E-state index in [1.165, 1.54) is 12.1 Å². The number of nitrogens with one attached hydrogen (secondary N) is 1. The number of hydrogen-bond acceptors (Lipinski definition) is 3. The van der Waals surface area contributed by atoms with Gasteiger partial charge in [0.25, 0.3) is 0 Å². The van der Waals surface area contributed by atoms with Gasteiger partial charge < -0.3 is 10.1 Å². The SMILES string of the molecule is FC(F)Oc1c(Cl)cc(NCc2ccncc2)cc1Cl. The van der Waals surface area contributed by atoms with Gasteiger partial charge in [0.05, 0.1) is 10.0 Å². The van der Waals surface area contributed by atoms with Crippen LogP contribution in [0.15, 0.2) is 36.7 Å². The molecule has 106 valence electrons. The average Bonchev–Trinajstić information content (AvgIpc) is 2.41. The molecule has 20 heavy (non-hydrogen) atoms. The van der Waals surface area contributed by atoms with Gasteiger partial charge in [-0.3, -0.25) is 4.98 Å². The molecule has 1 aromatic heterocycles. The second kappa shape index (κ2) is 6.72. The molecule has 0 radical (unpaired) electrons. The minimum Gasteiger partial charge on any atom is -0.432 e. The maximum atomic E-state index is 12.2. The number of nitrogens with zero attached hydrogens (tertiary/aromatic N) is 1. The second-order valence-corrected chi connectivity index (χ2v) is 4.67. The summed E-state index contributed by atoms with van der Waals surface area (Å²) < 4.78 is 28.6. The Hall–Kier alpha value is -1.59. The van der Waals surface area contributed by atoms with Crippen LogP contribution in [0.2, 0.25) is 10.0 Å². The van der Waals surface area contributed by atoms with Gasteiger partial charge in [0, 0.05) is 24.6 Å². The van der Waals surface area contributed by atoms with Crippen molar-refractivity contribution in [3.05, 3.63) is 52.3 Å². The second-order valence-electron chi connectivity index (χ2n) is 3.86. The standard InChI is InChI=1S/C13H10Cl2F2N2O/c14-10-5-9(6-11(15)12(10)20-13(16)17)19-7-8-1-3-18-4-2-8/h1-6,13,19H,7H2. The van der Waals surface area contributed by atoms with Crippen LogP contribution in [-0.2, 0) is 6.54 Å². The lowest BCUT2D eigenvalue weighted by molar-refractivity contribution is -0.0497. The molecule has 1 heterocycles. The molecule has 0 bridgehead atoms. The van der Waals surface area contributed by atoms with E-state index in [9.17, 15) is 8.78 Å². The predicted molar refractivity (Wildman–Crippen MR) is 74.7 cm³/mol. The molecule has 1 aromatic carbocycles. The smallest absolute Gasteiger partial charge is 0.387 e. The van der Waals surface area contributed by atoms with Crippen LogP contribution in [0.25, 0.3) is 0 Å². The molecule has 2 aromatic rings. The Bertz CT molecular complexity index is 559. The number of rotatable bonds is 5. The number of ether oxygens (including phenoxy) is 1. The first-order valence-corrected chi connectivity index (χ1v) is 6.38. The van der Waals surface area contributed by atoms with Crippen LogP contribution in [0.5, 0.6) is 5.75 Å². The van der Waals surface area contributed by atoms with Crippen molar-refractivity contribution in [1.29, 1.82) is 0 Å². The Kier molecular flexibility index (Phi) is 4.98. The lowest BCUT2D eigenvalue weighted by atomic mass is 10.2. The van der Waals surface area contributed by atoms with Crippen LogP contribution in [0, 0.1) is 0 Å². The lowest BCUT2D eigenvalue weighted by Crippen LogP contribution is -2.04. The summed E-state index contributed by atoms with van der Waals surface area (Å²) in [4.78, 5) is 3.91. The molecule has 0 aliphatic heterocycles. The first-order valence-electron chi connectivity index (χ1n) is 5.63. The first kappa shape index (κ1) is 14.8. The van der Waals surface area contributed by atoms with Crippen molar-refractivity contribution in [3.8, 4) is 5.75 Å². The van der Waals surface area contributed by atoms with Gasteiger partial charge in [-0.1, -0.05) is 23.2 Å². The van der Waals surface area contributed by atoms with E-state index in [0.717, 1.165) is 5.56 Å². The van der Waals surface area contributed by atoms with Crippen molar-refractivity contribution in [3.63, 3.8) is 0 Å². The Morgan fingerprint density at radius 3 is 2.30 bits per heavy atom. The van der Waals surface area contributed by atoms with Gasteiger partial charge in [0.2, 0.25) is 0 Å². The van der Waals surface area contributed by atoms with Crippen molar-refractivity contribution < 1.29 is 13.5 Å². The lowest BCUT2D eigenvalue weighted by Gasteiger charge is -2.12. The normalized spacial score (nSPS) is 10.7. The quantitative estimate of drug-likeness (QED) is 0.874. The van der Waals surface area contributed by atoms with E-state index in [0.29, 0.717) is 12.2 Å². The van der Waals surface area contributed by atoms with Crippen molar-refractivity contribution >= 4 is 28.9 Å². The van der Waals surface area contributed by atoms with Crippen LogP contribution in [-0.4, -0.2) is 11.6 Å². The molecule has 0 aliphatic carbocycles. The number of pyridine rings is 1. The largest absolute Gasteiger partial charge is 0.432 e. The van der Waals surface area contributed by atoms with Crippen LogP contribution in [0.3, 0.4) is 0 Å². The minimum absolute atomic E-state index is 0.0232. The highest BCUT2D eigenvalue weighted by molar-refractivity contribution is 6.37. The van der Waals surface area contributed by atoms with Gasteiger partial charge in [0.15, 0.2) is 5.75 Å². The molecule has 2 rings (SSSR count). The maximum Gasteiger partial charge on any atom is 0.387 e. The number of hydrogen-bond donors (Lipinski definition) is 1. The summed E-state index contributed by atoms with van der Waals surface area (Å²) in [5.41, 5.74) is 1.62. The van der Waals surface area contributed by atoms with Gasteiger partial charge in [-0.05, 0) is 29.8 Å². The number of halogens is 4. The van der Waals surface area contributed by atoms with E-state index in [4.69, 9.17) is 23.2 Å². The fourth-order valence-electron chi connectivity index (χ4n) is 1.57. The molecule has 0 saturated carbocycles. The Labute approximate surface area is 124 Å².